The van der Waals surface area contributed by atoms with Crippen LogP contribution in [-0.4, -0.2) is 45.7 Å². The average Bonchev–Trinajstić information content (AvgIpc) is 3.39. The Morgan fingerprint density at radius 2 is 2.09 bits per heavy atom. The molecule has 1 atom stereocenters. The number of aromatic nitrogens is 3. The van der Waals surface area contributed by atoms with Crippen LogP contribution in [0.3, 0.4) is 0 Å². The van der Waals surface area contributed by atoms with Gasteiger partial charge in [-0.05, 0) is 51.0 Å². The largest absolute Gasteiger partial charge is 0.497 e. The summed E-state index contributed by atoms with van der Waals surface area (Å²) in [5, 5.41) is 6.90. The number of piperidine rings is 1. The molecular weight excluding hydrogens is 418 g/mol. The van der Waals surface area contributed by atoms with Crippen LogP contribution in [0, 0.1) is 13.8 Å². The molecular formula is C25H27N5O3. The topological polar surface area (TPSA) is 84.9 Å². The van der Waals surface area contributed by atoms with Crippen molar-refractivity contribution in [3.8, 4) is 17.0 Å². The summed E-state index contributed by atoms with van der Waals surface area (Å²) in [5.74, 6) is 2.50. The van der Waals surface area contributed by atoms with E-state index < -0.39 is 0 Å². The van der Waals surface area contributed by atoms with Gasteiger partial charge in [0.05, 0.1) is 18.3 Å². The number of benzene rings is 1. The molecule has 8 heteroatoms. The number of hydrogen-bond acceptors (Lipinski definition) is 5. The van der Waals surface area contributed by atoms with E-state index in [2.05, 4.69) is 20.9 Å². The van der Waals surface area contributed by atoms with E-state index >= 15 is 0 Å². The number of amides is 2. The van der Waals surface area contributed by atoms with Gasteiger partial charge in [0.2, 0.25) is 0 Å². The molecule has 1 N–H and O–H groups in total. The van der Waals surface area contributed by atoms with Crippen LogP contribution < -0.4 is 10.1 Å². The maximum Gasteiger partial charge on any atom is 0.322 e. The van der Waals surface area contributed by atoms with E-state index in [0.717, 1.165) is 41.2 Å². The van der Waals surface area contributed by atoms with E-state index in [-0.39, 0.29) is 11.9 Å². The number of likely N-dealkylation sites (tertiary alicyclic amines) is 1. The highest BCUT2D eigenvalue weighted by Crippen LogP contribution is 2.33. The fourth-order valence-corrected chi connectivity index (χ4v) is 4.55. The molecule has 0 saturated carbocycles. The van der Waals surface area contributed by atoms with Crippen LogP contribution in [0.25, 0.3) is 16.8 Å². The molecule has 0 spiro atoms. The molecule has 0 aliphatic carbocycles. The number of rotatable bonds is 4. The molecule has 2 amide bonds. The molecule has 4 heterocycles. The Morgan fingerprint density at radius 3 is 2.88 bits per heavy atom. The van der Waals surface area contributed by atoms with E-state index in [9.17, 15) is 4.79 Å². The second-order valence-electron chi connectivity index (χ2n) is 8.42. The van der Waals surface area contributed by atoms with Gasteiger partial charge < -0.3 is 23.9 Å². The Balaban J connectivity index is 1.45. The van der Waals surface area contributed by atoms with Crippen molar-refractivity contribution in [3.05, 3.63) is 65.9 Å². The highest BCUT2D eigenvalue weighted by atomic mass is 16.5. The van der Waals surface area contributed by atoms with Crippen LogP contribution in [0.4, 0.5) is 10.5 Å². The number of carbonyl (C=O) groups is 1. The molecule has 3 aromatic heterocycles. The van der Waals surface area contributed by atoms with Crippen LogP contribution in [0.2, 0.25) is 0 Å². The highest BCUT2D eigenvalue weighted by molar-refractivity contribution is 5.90. The second kappa shape index (κ2) is 8.61. The number of aryl methyl sites for hydroxylation is 2. The van der Waals surface area contributed by atoms with Crippen molar-refractivity contribution >= 4 is 17.2 Å². The smallest absolute Gasteiger partial charge is 0.322 e. The number of fused-ring (bicyclic) bond motifs is 1. The molecule has 170 valence electrons. The first kappa shape index (κ1) is 21.1. The zero-order valence-corrected chi connectivity index (χ0v) is 19.0. The van der Waals surface area contributed by atoms with E-state index in [4.69, 9.17) is 14.2 Å². The number of ether oxygens (including phenoxy) is 1. The summed E-state index contributed by atoms with van der Waals surface area (Å²) in [6.45, 7) is 4.92. The molecule has 4 aromatic rings. The molecule has 1 aliphatic heterocycles. The minimum atomic E-state index is -0.136. The monoisotopic (exact) mass is 445 g/mol. The normalized spacial score (nSPS) is 16.2. The molecule has 5 rings (SSSR count). The fourth-order valence-electron chi connectivity index (χ4n) is 4.55. The number of nitrogens with zero attached hydrogens (tertiary/aromatic N) is 4. The molecule has 1 unspecified atom stereocenters. The van der Waals surface area contributed by atoms with Crippen molar-refractivity contribution in [1.29, 1.82) is 0 Å². The molecule has 1 saturated heterocycles. The molecule has 1 aromatic carbocycles. The molecule has 33 heavy (non-hydrogen) atoms. The zero-order valence-electron chi connectivity index (χ0n) is 19.0. The molecule has 0 bridgehead atoms. The third-order valence-electron chi connectivity index (χ3n) is 6.26. The zero-order chi connectivity index (χ0) is 22.9. The minimum Gasteiger partial charge on any atom is -0.497 e. The van der Waals surface area contributed by atoms with Crippen LogP contribution in [-0.2, 0) is 0 Å². The summed E-state index contributed by atoms with van der Waals surface area (Å²) in [6.07, 6.45) is 3.93. The number of methoxy groups -OCH3 is 1. The van der Waals surface area contributed by atoms with E-state index in [0.29, 0.717) is 30.2 Å². The Hall–Kier alpha value is -3.81. The lowest BCUT2D eigenvalue weighted by molar-refractivity contribution is 0.191. The SMILES string of the molecule is COc1cccc(-c2nc(C3CCCN(C(=O)Nc4c(C)noc4C)C3)n3ccccc23)c1. The van der Waals surface area contributed by atoms with Gasteiger partial charge in [-0.2, -0.15) is 0 Å². The summed E-state index contributed by atoms with van der Waals surface area (Å²) >= 11 is 0. The number of imidazole rings is 1. The lowest BCUT2D eigenvalue weighted by atomic mass is 9.97. The summed E-state index contributed by atoms with van der Waals surface area (Å²) in [5.41, 5.74) is 4.29. The van der Waals surface area contributed by atoms with E-state index in [1.807, 2.05) is 54.4 Å². The van der Waals surface area contributed by atoms with E-state index in [1.54, 1.807) is 14.0 Å². The van der Waals surface area contributed by atoms with Gasteiger partial charge in [-0.15, -0.1) is 0 Å². The average molecular weight is 446 g/mol. The van der Waals surface area contributed by atoms with Gasteiger partial charge in [-0.1, -0.05) is 23.4 Å². The van der Waals surface area contributed by atoms with Gasteiger partial charge in [0.1, 0.15) is 23.0 Å². The Kier molecular flexibility index (Phi) is 5.50. The third-order valence-corrected chi connectivity index (χ3v) is 6.26. The van der Waals surface area contributed by atoms with Crippen molar-refractivity contribution in [1.82, 2.24) is 19.4 Å². The molecule has 1 fully saturated rings. The Morgan fingerprint density at radius 1 is 1.21 bits per heavy atom. The number of urea groups is 1. The quantitative estimate of drug-likeness (QED) is 0.476. The van der Waals surface area contributed by atoms with Crippen molar-refractivity contribution in [2.24, 2.45) is 0 Å². The van der Waals surface area contributed by atoms with Gasteiger partial charge in [-0.25, -0.2) is 9.78 Å². The predicted octanol–water partition coefficient (Wildman–Crippen LogP) is 5.03. The van der Waals surface area contributed by atoms with Crippen LogP contribution in [0.5, 0.6) is 5.75 Å². The van der Waals surface area contributed by atoms with E-state index in [1.165, 1.54) is 0 Å². The maximum absolute atomic E-state index is 13.0. The van der Waals surface area contributed by atoms with Gasteiger partial charge >= 0.3 is 6.03 Å². The second-order valence-corrected chi connectivity index (χ2v) is 8.42. The van der Waals surface area contributed by atoms with Gasteiger partial charge in [0.15, 0.2) is 5.76 Å². The number of nitrogens with one attached hydrogen (secondary N) is 1. The fraction of sp³-hybridized carbons (Fsp3) is 0.320. The van der Waals surface area contributed by atoms with Crippen LogP contribution in [0.1, 0.15) is 36.0 Å². The number of carbonyl (C=O) groups excluding carboxylic acids is 1. The molecule has 0 radical (unpaired) electrons. The third kappa shape index (κ3) is 3.92. The van der Waals surface area contributed by atoms with Crippen molar-refractivity contribution in [2.75, 3.05) is 25.5 Å². The summed E-state index contributed by atoms with van der Waals surface area (Å²) in [4.78, 5) is 19.9. The van der Waals surface area contributed by atoms with Gasteiger partial charge in [0.25, 0.3) is 0 Å². The standard InChI is InChI=1S/C25H27N5O3/c1-16-22(17(2)33-28-16)27-25(31)29-12-7-9-19(15-29)24-26-23(21-11-4-5-13-30(21)24)18-8-6-10-20(14-18)32-3/h4-6,8,10-11,13-14,19H,7,9,12,15H2,1-3H3,(H,27,31). The lowest BCUT2D eigenvalue weighted by Crippen LogP contribution is -2.42. The molecule has 8 nitrogen and oxygen atoms in total. The number of pyridine rings is 1. The molecule has 1 aliphatic rings. The van der Waals surface area contributed by atoms with Crippen LogP contribution in [0.15, 0.2) is 53.2 Å². The first-order valence-corrected chi connectivity index (χ1v) is 11.2. The first-order chi connectivity index (χ1) is 16.0. The Bertz CT molecular complexity index is 1290. The van der Waals surface area contributed by atoms with Gasteiger partial charge in [-0.3, -0.25) is 0 Å². The summed E-state index contributed by atoms with van der Waals surface area (Å²) in [7, 11) is 1.67. The maximum atomic E-state index is 13.0. The minimum absolute atomic E-state index is 0.128. The first-order valence-electron chi connectivity index (χ1n) is 11.2. The van der Waals surface area contributed by atoms with Crippen molar-refractivity contribution < 1.29 is 14.1 Å². The van der Waals surface area contributed by atoms with Gasteiger partial charge in [0, 0.05) is 30.8 Å². The number of hydrogen-bond donors (Lipinski definition) is 1. The highest BCUT2D eigenvalue weighted by Gasteiger charge is 2.29. The van der Waals surface area contributed by atoms with Crippen LogP contribution >= 0.6 is 0 Å². The lowest BCUT2D eigenvalue weighted by Gasteiger charge is -2.32. The summed E-state index contributed by atoms with van der Waals surface area (Å²) < 4.78 is 12.7. The van der Waals surface area contributed by atoms with Crippen molar-refractivity contribution in [3.63, 3.8) is 0 Å². The Labute approximate surface area is 192 Å². The van der Waals surface area contributed by atoms with Crippen molar-refractivity contribution in [2.45, 2.75) is 32.6 Å². The summed E-state index contributed by atoms with van der Waals surface area (Å²) in [6, 6.07) is 13.9. The number of anilines is 1. The predicted molar refractivity (Wildman–Crippen MR) is 126 cm³/mol.